The standard InChI is InChI=1S/C11H17ClN4O/c1-6-5-7(12)15-10(14-6)16-9(17)8(13)11(2,3)4/h5,8H,13H2,1-4H3,(H,14,15,16,17)/t8-/m1/s1. The van der Waals surface area contributed by atoms with Crippen molar-refractivity contribution in [3.8, 4) is 0 Å². The normalized spacial score (nSPS) is 13.3. The average Bonchev–Trinajstić information content (AvgIpc) is 2.13. The van der Waals surface area contributed by atoms with Crippen molar-refractivity contribution >= 4 is 23.5 Å². The maximum atomic E-state index is 11.8. The Balaban J connectivity index is 2.81. The maximum Gasteiger partial charge on any atom is 0.244 e. The van der Waals surface area contributed by atoms with E-state index in [2.05, 4.69) is 15.3 Å². The number of carbonyl (C=O) groups is 1. The third-order valence-corrected chi connectivity index (χ3v) is 2.47. The number of carbonyl (C=O) groups excluding carboxylic acids is 1. The molecule has 0 spiro atoms. The number of halogens is 1. The third-order valence-electron chi connectivity index (χ3n) is 2.27. The van der Waals surface area contributed by atoms with E-state index in [-0.39, 0.29) is 22.4 Å². The van der Waals surface area contributed by atoms with Crippen LogP contribution in [0.4, 0.5) is 5.95 Å². The first-order valence-electron chi connectivity index (χ1n) is 5.28. The fourth-order valence-corrected chi connectivity index (χ4v) is 1.41. The number of hydrogen-bond donors (Lipinski definition) is 2. The number of amides is 1. The van der Waals surface area contributed by atoms with Gasteiger partial charge in [0.15, 0.2) is 0 Å². The van der Waals surface area contributed by atoms with Crippen LogP contribution >= 0.6 is 11.6 Å². The van der Waals surface area contributed by atoms with E-state index in [1.807, 2.05) is 20.8 Å². The van der Waals surface area contributed by atoms with Gasteiger partial charge in [-0.15, -0.1) is 0 Å². The number of nitrogens with one attached hydrogen (secondary N) is 1. The number of rotatable bonds is 2. The molecule has 1 aromatic heterocycles. The Morgan fingerprint density at radius 3 is 2.53 bits per heavy atom. The molecule has 0 saturated carbocycles. The van der Waals surface area contributed by atoms with Crippen molar-refractivity contribution in [2.45, 2.75) is 33.7 Å². The molecule has 0 bridgehead atoms. The zero-order valence-corrected chi connectivity index (χ0v) is 11.2. The van der Waals surface area contributed by atoms with Crippen LogP contribution in [0.1, 0.15) is 26.5 Å². The monoisotopic (exact) mass is 256 g/mol. The Morgan fingerprint density at radius 2 is 2.06 bits per heavy atom. The van der Waals surface area contributed by atoms with Crippen molar-refractivity contribution in [1.29, 1.82) is 0 Å². The Bertz CT molecular complexity index is 408. The van der Waals surface area contributed by atoms with E-state index < -0.39 is 6.04 Å². The van der Waals surface area contributed by atoms with E-state index in [0.717, 1.165) is 0 Å². The molecule has 0 aliphatic heterocycles. The minimum atomic E-state index is -0.634. The molecule has 6 heteroatoms. The van der Waals surface area contributed by atoms with Gasteiger partial charge in [0, 0.05) is 5.69 Å². The van der Waals surface area contributed by atoms with Gasteiger partial charge in [-0.2, -0.15) is 0 Å². The van der Waals surface area contributed by atoms with Gasteiger partial charge in [-0.05, 0) is 18.4 Å². The molecule has 1 rings (SSSR count). The molecule has 17 heavy (non-hydrogen) atoms. The predicted molar refractivity (Wildman–Crippen MR) is 67.8 cm³/mol. The summed E-state index contributed by atoms with van der Waals surface area (Å²) in [5, 5.41) is 2.85. The van der Waals surface area contributed by atoms with Gasteiger partial charge in [0.1, 0.15) is 5.15 Å². The lowest BCUT2D eigenvalue weighted by molar-refractivity contribution is -0.119. The largest absolute Gasteiger partial charge is 0.319 e. The van der Waals surface area contributed by atoms with E-state index in [1.54, 1.807) is 13.0 Å². The summed E-state index contributed by atoms with van der Waals surface area (Å²) in [6.07, 6.45) is 0. The highest BCUT2D eigenvalue weighted by molar-refractivity contribution is 6.29. The lowest BCUT2D eigenvalue weighted by Crippen LogP contribution is -2.45. The van der Waals surface area contributed by atoms with Crippen LogP contribution in [0.5, 0.6) is 0 Å². The first kappa shape index (κ1) is 13.9. The van der Waals surface area contributed by atoms with E-state index in [9.17, 15) is 4.79 Å². The Labute approximate surface area is 106 Å². The molecule has 0 aliphatic carbocycles. The van der Waals surface area contributed by atoms with Crippen molar-refractivity contribution in [2.75, 3.05) is 5.32 Å². The Kier molecular flexibility index (Phi) is 4.06. The van der Waals surface area contributed by atoms with E-state index in [1.165, 1.54) is 0 Å². The van der Waals surface area contributed by atoms with Gasteiger partial charge in [0.25, 0.3) is 0 Å². The van der Waals surface area contributed by atoms with Crippen molar-refractivity contribution < 1.29 is 4.79 Å². The van der Waals surface area contributed by atoms with Gasteiger partial charge in [-0.3, -0.25) is 10.1 Å². The molecule has 94 valence electrons. The molecule has 1 aromatic rings. The van der Waals surface area contributed by atoms with Gasteiger partial charge >= 0.3 is 0 Å². The minimum Gasteiger partial charge on any atom is -0.319 e. The van der Waals surface area contributed by atoms with Crippen LogP contribution in [0, 0.1) is 12.3 Å². The molecule has 5 nitrogen and oxygen atoms in total. The summed E-state index contributed by atoms with van der Waals surface area (Å²) in [5.41, 5.74) is 6.18. The van der Waals surface area contributed by atoms with E-state index in [0.29, 0.717) is 5.69 Å². The lowest BCUT2D eigenvalue weighted by Gasteiger charge is -2.25. The van der Waals surface area contributed by atoms with Crippen LogP contribution in [-0.4, -0.2) is 21.9 Å². The summed E-state index contributed by atoms with van der Waals surface area (Å²) >= 11 is 5.77. The second-order valence-electron chi connectivity index (χ2n) is 4.99. The van der Waals surface area contributed by atoms with Crippen molar-refractivity contribution in [3.05, 3.63) is 16.9 Å². The summed E-state index contributed by atoms with van der Waals surface area (Å²) in [7, 11) is 0. The second-order valence-corrected chi connectivity index (χ2v) is 5.38. The van der Waals surface area contributed by atoms with Gasteiger partial charge in [0.2, 0.25) is 11.9 Å². The van der Waals surface area contributed by atoms with E-state index in [4.69, 9.17) is 17.3 Å². The third kappa shape index (κ3) is 3.94. The Morgan fingerprint density at radius 1 is 1.47 bits per heavy atom. The van der Waals surface area contributed by atoms with Crippen LogP contribution in [0.3, 0.4) is 0 Å². The zero-order chi connectivity index (χ0) is 13.2. The molecule has 0 fully saturated rings. The summed E-state index contributed by atoms with van der Waals surface area (Å²) in [6, 6.07) is 0.978. The second kappa shape index (κ2) is 4.98. The van der Waals surface area contributed by atoms with Crippen LogP contribution < -0.4 is 11.1 Å². The topological polar surface area (TPSA) is 80.9 Å². The highest BCUT2D eigenvalue weighted by Crippen LogP contribution is 2.18. The SMILES string of the molecule is Cc1cc(Cl)nc(NC(=O)[C@@H](N)C(C)(C)C)n1. The molecular formula is C11H17ClN4O. The average molecular weight is 257 g/mol. The molecular weight excluding hydrogens is 240 g/mol. The van der Waals surface area contributed by atoms with Gasteiger partial charge in [0.05, 0.1) is 6.04 Å². The van der Waals surface area contributed by atoms with E-state index >= 15 is 0 Å². The molecule has 1 atom stereocenters. The quantitative estimate of drug-likeness (QED) is 0.790. The minimum absolute atomic E-state index is 0.180. The molecule has 0 saturated heterocycles. The Hall–Kier alpha value is -1.20. The number of aromatic nitrogens is 2. The van der Waals surface area contributed by atoms with Crippen molar-refractivity contribution in [1.82, 2.24) is 9.97 Å². The van der Waals surface area contributed by atoms with Gasteiger partial charge < -0.3 is 5.73 Å². The highest BCUT2D eigenvalue weighted by atomic mass is 35.5. The lowest BCUT2D eigenvalue weighted by atomic mass is 9.87. The molecule has 3 N–H and O–H groups in total. The van der Waals surface area contributed by atoms with Crippen molar-refractivity contribution in [3.63, 3.8) is 0 Å². The highest BCUT2D eigenvalue weighted by Gasteiger charge is 2.27. The first-order valence-corrected chi connectivity index (χ1v) is 5.65. The number of aryl methyl sites for hydroxylation is 1. The molecule has 0 unspecified atom stereocenters. The fraction of sp³-hybridized carbons (Fsp3) is 0.545. The molecule has 0 aliphatic rings. The summed E-state index contributed by atoms with van der Waals surface area (Å²) in [5.74, 6) is -0.140. The molecule has 0 radical (unpaired) electrons. The smallest absolute Gasteiger partial charge is 0.244 e. The van der Waals surface area contributed by atoms with Gasteiger partial charge in [-0.1, -0.05) is 32.4 Å². The van der Waals surface area contributed by atoms with Gasteiger partial charge in [-0.25, -0.2) is 9.97 Å². The summed E-state index contributed by atoms with van der Waals surface area (Å²) in [4.78, 5) is 19.8. The number of nitrogens with zero attached hydrogens (tertiary/aromatic N) is 2. The van der Waals surface area contributed by atoms with Crippen LogP contribution in [0.25, 0.3) is 0 Å². The van der Waals surface area contributed by atoms with Crippen LogP contribution in [0.2, 0.25) is 5.15 Å². The molecule has 0 aromatic carbocycles. The maximum absolute atomic E-state index is 11.8. The van der Waals surface area contributed by atoms with Crippen LogP contribution in [0.15, 0.2) is 6.07 Å². The van der Waals surface area contributed by atoms with Crippen LogP contribution in [-0.2, 0) is 4.79 Å². The fourth-order valence-electron chi connectivity index (χ4n) is 1.17. The van der Waals surface area contributed by atoms with Crippen molar-refractivity contribution in [2.24, 2.45) is 11.1 Å². The predicted octanol–water partition coefficient (Wildman–Crippen LogP) is 1.75. The molecule has 1 amide bonds. The number of hydrogen-bond acceptors (Lipinski definition) is 4. The zero-order valence-electron chi connectivity index (χ0n) is 10.4. The summed E-state index contributed by atoms with van der Waals surface area (Å²) in [6.45, 7) is 7.44. The molecule has 1 heterocycles. The summed E-state index contributed by atoms with van der Waals surface area (Å²) < 4.78 is 0. The first-order chi connectivity index (χ1) is 7.70. The number of nitrogens with two attached hydrogens (primary N) is 1. The number of anilines is 1.